The van der Waals surface area contributed by atoms with Gasteiger partial charge in [-0.2, -0.15) is 0 Å². The van der Waals surface area contributed by atoms with E-state index in [1.807, 2.05) is 0 Å². The molecule has 0 radical (unpaired) electrons. The van der Waals surface area contributed by atoms with Crippen molar-refractivity contribution in [2.45, 2.75) is 31.8 Å². The van der Waals surface area contributed by atoms with Crippen molar-refractivity contribution in [2.24, 2.45) is 11.8 Å². The second kappa shape index (κ2) is 7.70. The number of hydrogen-bond acceptors (Lipinski definition) is 3. The number of rotatable bonds is 4. The zero-order valence-corrected chi connectivity index (χ0v) is 14.5. The number of carbonyl (C=O) groups is 2. The van der Waals surface area contributed by atoms with Gasteiger partial charge in [-0.05, 0) is 42.9 Å². The van der Waals surface area contributed by atoms with Crippen LogP contribution in [0.5, 0.6) is 0 Å². The van der Waals surface area contributed by atoms with Gasteiger partial charge in [0.1, 0.15) is 5.82 Å². The largest absolute Gasteiger partial charge is 0.481 e. The van der Waals surface area contributed by atoms with E-state index in [0.717, 1.165) is 0 Å². The van der Waals surface area contributed by atoms with Gasteiger partial charge in [-0.25, -0.2) is 4.39 Å². The smallest absolute Gasteiger partial charge is 0.303 e. The van der Waals surface area contributed by atoms with Crippen molar-refractivity contribution >= 4 is 23.5 Å². The van der Waals surface area contributed by atoms with E-state index in [9.17, 15) is 14.0 Å². The highest BCUT2D eigenvalue weighted by atomic mass is 35.5. The number of hydrogen-bond donors (Lipinski definition) is 1. The Morgan fingerprint density at radius 2 is 2.00 bits per heavy atom. The van der Waals surface area contributed by atoms with E-state index in [4.69, 9.17) is 21.4 Å². The third kappa shape index (κ3) is 4.12. The zero-order valence-electron chi connectivity index (χ0n) is 13.8. The molecule has 0 unspecified atom stereocenters. The van der Waals surface area contributed by atoms with Gasteiger partial charge >= 0.3 is 5.97 Å². The Balaban J connectivity index is 1.65. The van der Waals surface area contributed by atoms with Gasteiger partial charge in [0.25, 0.3) is 0 Å². The molecule has 1 aromatic carbocycles. The fourth-order valence-corrected chi connectivity index (χ4v) is 3.82. The molecule has 3 rings (SSSR count). The normalized spacial score (nSPS) is 24.5. The van der Waals surface area contributed by atoms with E-state index in [1.54, 1.807) is 11.0 Å². The van der Waals surface area contributed by atoms with Crippen LogP contribution in [0.15, 0.2) is 18.2 Å². The Morgan fingerprint density at radius 3 is 2.64 bits per heavy atom. The maximum atomic E-state index is 13.7. The zero-order chi connectivity index (χ0) is 18.0. The van der Waals surface area contributed by atoms with Crippen molar-refractivity contribution in [2.75, 3.05) is 19.7 Å². The van der Waals surface area contributed by atoms with Crippen molar-refractivity contribution in [3.63, 3.8) is 0 Å². The molecule has 7 heteroatoms. The molecule has 0 saturated carbocycles. The number of aliphatic carboxylic acids is 1. The average Bonchev–Trinajstić information content (AvgIpc) is 3.06. The molecule has 2 heterocycles. The minimum Gasteiger partial charge on any atom is -0.481 e. The molecular formula is C18H21ClFNO4. The number of benzene rings is 1. The van der Waals surface area contributed by atoms with E-state index >= 15 is 0 Å². The number of likely N-dealkylation sites (tertiary alicyclic amines) is 1. The molecule has 2 fully saturated rings. The highest BCUT2D eigenvalue weighted by Gasteiger charge is 2.38. The van der Waals surface area contributed by atoms with Crippen LogP contribution >= 0.6 is 11.6 Å². The summed E-state index contributed by atoms with van der Waals surface area (Å²) in [5.41, 5.74) is 0.624. The Morgan fingerprint density at radius 1 is 1.28 bits per heavy atom. The molecule has 2 saturated heterocycles. The van der Waals surface area contributed by atoms with Gasteiger partial charge in [0.15, 0.2) is 0 Å². The first-order valence-electron chi connectivity index (χ1n) is 8.53. The number of piperidine rings is 1. The number of carboxylic acids is 1. The summed E-state index contributed by atoms with van der Waals surface area (Å²) in [5, 5.41) is 8.93. The Hall–Kier alpha value is -1.66. The summed E-state index contributed by atoms with van der Waals surface area (Å²) in [7, 11) is 0. The monoisotopic (exact) mass is 369 g/mol. The predicted molar refractivity (Wildman–Crippen MR) is 89.8 cm³/mol. The third-order valence-corrected chi connectivity index (χ3v) is 5.38. The lowest BCUT2D eigenvalue weighted by Crippen LogP contribution is -2.42. The van der Waals surface area contributed by atoms with Gasteiger partial charge in [-0.3, -0.25) is 9.59 Å². The first kappa shape index (κ1) is 18.1. The lowest BCUT2D eigenvalue weighted by Gasteiger charge is -2.34. The molecule has 0 aliphatic carbocycles. The molecule has 2 aliphatic rings. The van der Waals surface area contributed by atoms with Gasteiger partial charge in [0, 0.05) is 26.1 Å². The van der Waals surface area contributed by atoms with Crippen LogP contribution in [-0.2, 0) is 14.3 Å². The van der Waals surface area contributed by atoms with E-state index < -0.39 is 17.9 Å². The summed E-state index contributed by atoms with van der Waals surface area (Å²) in [5.74, 6) is -1.51. The van der Waals surface area contributed by atoms with Gasteiger partial charge in [0.05, 0.1) is 17.0 Å². The number of carboxylic acid groups (broad SMARTS) is 1. The van der Waals surface area contributed by atoms with Crippen molar-refractivity contribution in [1.82, 2.24) is 4.90 Å². The average molecular weight is 370 g/mol. The number of nitrogens with zero attached hydrogens (tertiary/aromatic N) is 1. The Kier molecular flexibility index (Phi) is 5.59. The summed E-state index contributed by atoms with van der Waals surface area (Å²) in [6.07, 6.45) is 1.69. The van der Waals surface area contributed by atoms with Crippen LogP contribution in [0, 0.1) is 17.7 Å². The van der Waals surface area contributed by atoms with E-state index in [-0.39, 0.29) is 29.2 Å². The predicted octanol–water partition coefficient (Wildman–Crippen LogP) is 3.27. The summed E-state index contributed by atoms with van der Waals surface area (Å²) in [4.78, 5) is 25.5. The Labute approximate surface area is 150 Å². The molecule has 2 atom stereocenters. The van der Waals surface area contributed by atoms with Crippen LogP contribution in [0.1, 0.15) is 37.4 Å². The minimum atomic E-state index is -0.793. The number of ether oxygens (including phenoxy) is 1. The lowest BCUT2D eigenvalue weighted by atomic mass is 9.90. The minimum absolute atomic E-state index is 0.00614. The molecule has 1 aromatic rings. The molecular weight excluding hydrogens is 349 g/mol. The number of amides is 1. The quantitative estimate of drug-likeness (QED) is 0.884. The SMILES string of the molecule is O=C(O)CC1CCN(C(=O)[C@@H]2CCO[C@H]2c2ccc(Cl)c(F)c2)CC1. The molecule has 2 aliphatic heterocycles. The van der Waals surface area contributed by atoms with E-state index in [2.05, 4.69) is 0 Å². The van der Waals surface area contributed by atoms with Crippen molar-refractivity contribution < 1.29 is 23.8 Å². The van der Waals surface area contributed by atoms with Crippen LogP contribution in [0.2, 0.25) is 5.02 Å². The van der Waals surface area contributed by atoms with Gasteiger partial charge in [-0.1, -0.05) is 17.7 Å². The fraction of sp³-hybridized carbons (Fsp3) is 0.556. The highest BCUT2D eigenvalue weighted by molar-refractivity contribution is 6.30. The summed E-state index contributed by atoms with van der Waals surface area (Å²) in [6, 6.07) is 4.51. The van der Waals surface area contributed by atoms with Gasteiger partial charge in [-0.15, -0.1) is 0 Å². The molecule has 5 nitrogen and oxygen atoms in total. The van der Waals surface area contributed by atoms with E-state index in [0.29, 0.717) is 44.5 Å². The lowest BCUT2D eigenvalue weighted by molar-refractivity contribution is -0.140. The molecule has 1 N–H and O–H groups in total. The first-order chi connectivity index (χ1) is 12.0. The number of halogens is 2. The van der Waals surface area contributed by atoms with Crippen molar-refractivity contribution in [3.05, 3.63) is 34.6 Å². The van der Waals surface area contributed by atoms with Crippen molar-refractivity contribution in [3.8, 4) is 0 Å². The standard InChI is InChI=1S/C18H21ClFNO4/c19-14-2-1-12(10-15(14)20)17-13(5-8-25-17)18(24)21-6-3-11(4-7-21)9-16(22)23/h1-2,10-11,13,17H,3-9H2,(H,22,23)/t13-,17+/m1/s1. The van der Waals surface area contributed by atoms with E-state index in [1.165, 1.54) is 12.1 Å². The molecule has 136 valence electrons. The second-order valence-electron chi connectivity index (χ2n) is 6.73. The molecule has 0 spiro atoms. The van der Waals surface area contributed by atoms with Crippen LogP contribution in [-0.4, -0.2) is 41.6 Å². The van der Waals surface area contributed by atoms with Crippen LogP contribution in [0.25, 0.3) is 0 Å². The third-order valence-electron chi connectivity index (χ3n) is 5.07. The molecule has 1 amide bonds. The summed E-state index contributed by atoms with van der Waals surface area (Å²) in [6.45, 7) is 1.59. The van der Waals surface area contributed by atoms with Crippen LogP contribution in [0.3, 0.4) is 0 Å². The summed E-state index contributed by atoms with van der Waals surface area (Å²) >= 11 is 5.72. The van der Waals surface area contributed by atoms with Crippen LogP contribution in [0.4, 0.5) is 4.39 Å². The highest BCUT2D eigenvalue weighted by Crippen LogP contribution is 2.37. The fourth-order valence-electron chi connectivity index (χ4n) is 3.70. The molecule has 0 aromatic heterocycles. The maximum Gasteiger partial charge on any atom is 0.303 e. The van der Waals surface area contributed by atoms with Crippen LogP contribution < -0.4 is 0 Å². The second-order valence-corrected chi connectivity index (χ2v) is 7.13. The first-order valence-corrected chi connectivity index (χ1v) is 8.90. The maximum absolute atomic E-state index is 13.7. The van der Waals surface area contributed by atoms with Crippen molar-refractivity contribution in [1.29, 1.82) is 0 Å². The molecule has 25 heavy (non-hydrogen) atoms. The number of carbonyl (C=O) groups excluding carboxylic acids is 1. The summed E-state index contributed by atoms with van der Waals surface area (Å²) < 4.78 is 19.4. The Bertz CT molecular complexity index is 660. The molecule has 0 bridgehead atoms. The van der Waals surface area contributed by atoms with Gasteiger partial charge in [0.2, 0.25) is 5.91 Å². The topological polar surface area (TPSA) is 66.8 Å². The van der Waals surface area contributed by atoms with Gasteiger partial charge < -0.3 is 14.7 Å².